The molecule has 0 heterocycles. The molecule has 2 rings (SSSR count). The summed E-state index contributed by atoms with van der Waals surface area (Å²) in [6.45, 7) is 0.685. The smallest absolute Gasteiger partial charge is 0.224 e. The second-order valence-corrected chi connectivity index (χ2v) is 8.26. The molecule has 0 fully saturated rings. The van der Waals surface area contributed by atoms with Gasteiger partial charge in [0.2, 0.25) is 5.91 Å². The third-order valence-corrected chi connectivity index (χ3v) is 5.73. The molecule has 0 saturated heterocycles. The van der Waals surface area contributed by atoms with E-state index in [0.29, 0.717) is 29.1 Å². The highest BCUT2D eigenvalue weighted by atomic mass is 32.2. The molecule has 5 nitrogen and oxygen atoms in total. The van der Waals surface area contributed by atoms with Gasteiger partial charge in [-0.15, -0.1) is 0 Å². The first-order chi connectivity index (χ1) is 12.5. The molecule has 140 valence electrons. The molecule has 0 unspecified atom stereocenters. The molecule has 6 heteroatoms. The predicted molar refractivity (Wildman–Crippen MR) is 105 cm³/mol. The average Bonchev–Trinajstić information content (AvgIpc) is 2.62. The number of benzene rings is 2. The Hall–Kier alpha value is -2.18. The molecule has 0 saturated carbocycles. The maximum atomic E-state index is 12.5. The summed E-state index contributed by atoms with van der Waals surface area (Å²) in [5.41, 5.74) is 6.72. The summed E-state index contributed by atoms with van der Waals surface area (Å²) in [4.78, 5) is 12.3. The van der Waals surface area contributed by atoms with E-state index in [0.717, 1.165) is 25.7 Å². The Bertz CT molecular complexity index is 805. The average molecular weight is 375 g/mol. The van der Waals surface area contributed by atoms with Gasteiger partial charge in [-0.3, -0.25) is 4.79 Å². The van der Waals surface area contributed by atoms with Gasteiger partial charge in [0.25, 0.3) is 0 Å². The standard InChI is InChI=1S/C20H26N2O3S/c21-14-7-2-1-6-13-20(23)22-18-10-8-9-17(15-18)16-26(24,25)19-11-4-3-5-12-19/h3-5,8-12,15H,1-2,6-7,13-14,16,21H2,(H,22,23). The summed E-state index contributed by atoms with van der Waals surface area (Å²) in [6, 6.07) is 15.4. The lowest BCUT2D eigenvalue weighted by Crippen LogP contribution is -2.12. The molecule has 26 heavy (non-hydrogen) atoms. The molecule has 0 bridgehead atoms. The van der Waals surface area contributed by atoms with Gasteiger partial charge in [0, 0.05) is 12.1 Å². The molecule has 1 amide bonds. The van der Waals surface area contributed by atoms with Crippen molar-refractivity contribution < 1.29 is 13.2 Å². The molecule has 0 atom stereocenters. The number of sulfone groups is 1. The van der Waals surface area contributed by atoms with Crippen molar-refractivity contribution in [2.45, 2.75) is 42.8 Å². The number of hydrogen-bond acceptors (Lipinski definition) is 4. The molecule has 0 radical (unpaired) electrons. The quantitative estimate of drug-likeness (QED) is 0.623. The van der Waals surface area contributed by atoms with Gasteiger partial charge < -0.3 is 11.1 Å². The molecule has 0 aliphatic carbocycles. The number of carbonyl (C=O) groups is 1. The van der Waals surface area contributed by atoms with E-state index in [-0.39, 0.29) is 11.7 Å². The van der Waals surface area contributed by atoms with E-state index < -0.39 is 9.84 Å². The lowest BCUT2D eigenvalue weighted by Gasteiger charge is -2.08. The highest BCUT2D eigenvalue weighted by Crippen LogP contribution is 2.19. The fraction of sp³-hybridized carbons (Fsp3) is 0.350. The monoisotopic (exact) mass is 374 g/mol. The summed E-state index contributed by atoms with van der Waals surface area (Å²) in [7, 11) is -3.40. The number of nitrogens with one attached hydrogen (secondary N) is 1. The van der Waals surface area contributed by atoms with Gasteiger partial charge in [-0.05, 0) is 49.2 Å². The van der Waals surface area contributed by atoms with Crippen molar-refractivity contribution in [2.24, 2.45) is 5.73 Å². The summed E-state index contributed by atoms with van der Waals surface area (Å²) < 4.78 is 24.9. The molecule has 0 spiro atoms. The van der Waals surface area contributed by atoms with E-state index in [9.17, 15) is 13.2 Å². The molecule has 0 aliphatic heterocycles. The van der Waals surface area contributed by atoms with Gasteiger partial charge in [0.05, 0.1) is 10.6 Å². The van der Waals surface area contributed by atoms with Crippen molar-refractivity contribution >= 4 is 21.4 Å². The van der Waals surface area contributed by atoms with Gasteiger partial charge in [0.1, 0.15) is 0 Å². The Morgan fingerprint density at radius 3 is 2.38 bits per heavy atom. The van der Waals surface area contributed by atoms with Crippen LogP contribution in [-0.4, -0.2) is 20.9 Å². The Kier molecular flexibility index (Phi) is 7.81. The topological polar surface area (TPSA) is 89.3 Å². The SMILES string of the molecule is NCCCCCCC(=O)Nc1cccc(CS(=O)(=O)c2ccccc2)c1. The van der Waals surface area contributed by atoms with Crippen molar-refractivity contribution in [3.05, 3.63) is 60.2 Å². The van der Waals surface area contributed by atoms with Crippen LogP contribution in [0.25, 0.3) is 0 Å². The van der Waals surface area contributed by atoms with Crippen LogP contribution >= 0.6 is 0 Å². The van der Waals surface area contributed by atoms with E-state index in [1.54, 1.807) is 54.6 Å². The van der Waals surface area contributed by atoms with E-state index in [2.05, 4.69) is 5.32 Å². The minimum atomic E-state index is -3.40. The van der Waals surface area contributed by atoms with E-state index in [1.165, 1.54) is 0 Å². The molecule has 0 aliphatic rings. The van der Waals surface area contributed by atoms with Crippen molar-refractivity contribution in [3.63, 3.8) is 0 Å². The number of rotatable bonds is 10. The van der Waals surface area contributed by atoms with E-state index in [4.69, 9.17) is 5.73 Å². The van der Waals surface area contributed by atoms with Crippen molar-refractivity contribution in [1.82, 2.24) is 0 Å². The summed E-state index contributed by atoms with van der Waals surface area (Å²) >= 11 is 0. The number of anilines is 1. The molecular weight excluding hydrogens is 348 g/mol. The first-order valence-corrected chi connectivity index (χ1v) is 10.5. The van der Waals surface area contributed by atoms with E-state index >= 15 is 0 Å². The Balaban J connectivity index is 1.92. The highest BCUT2D eigenvalue weighted by molar-refractivity contribution is 7.90. The molecule has 2 aromatic carbocycles. The number of carbonyl (C=O) groups excluding carboxylic acids is 1. The number of amides is 1. The van der Waals surface area contributed by atoms with Crippen LogP contribution in [0.3, 0.4) is 0 Å². The first-order valence-electron chi connectivity index (χ1n) is 8.88. The Labute approximate surface area is 155 Å². The zero-order valence-corrected chi connectivity index (χ0v) is 15.7. The van der Waals surface area contributed by atoms with Crippen molar-refractivity contribution in [2.75, 3.05) is 11.9 Å². The largest absolute Gasteiger partial charge is 0.330 e. The van der Waals surface area contributed by atoms with Crippen LogP contribution in [0.5, 0.6) is 0 Å². The van der Waals surface area contributed by atoms with Gasteiger partial charge in [-0.25, -0.2) is 8.42 Å². The van der Waals surface area contributed by atoms with Crippen LogP contribution in [0.4, 0.5) is 5.69 Å². The van der Waals surface area contributed by atoms with Gasteiger partial charge in [-0.2, -0.15) is 0 Å². The first kappa shape index (κ1) is 20.1. The van der Waals surface area contributed by atoms with E-state index in [1.807, 2.05) is 0 Å². The second-order valence-electron chi connectivity index (χ2n) is 6.27. The van der Waals surface area contributed by atoms with Gasteiger partial charge in [0.15, 0.2) is 9.84 Å². The minimum Gasteiger partial charge on any atom is -0.330 e. The fourth-order valence-electron chi connectivity index (χ4n) is 2.68. The highest BCUT2D eigenvalue weighted by Gasteiger charge is 2.15. The fourth-order valence-corrected chi connectivity index (χ4v) is 4.03. The summed E-state index contributed by atoms with van der Waals surface area (Å²) in [5.74, 6) is -0.152. The maximum absolute atomic E-state index is 12.5. The van der Waals surface area contributed by atoms with Crippen LogP contribution in [0, 0.1) is 0 Å². The third kappa shape index (κ3) is 6.61. The number of hydrogen-bond donors (Lipinski definition) is 2. The number of unbranched alkanes of at least 4 members (excludes halogenated alkanes) is 3. The number of nitrogens with two attached hydrogens (primary N) is 1. The Morgan fingerprint density at radius 2 is 1.65 bits per heavy atom. The Morgan fingerprint density at radius 1 is 0.923 bits per heavy atom. The maximum Gasteiger partial charge on any atom is 0.224 e. The van der Waals surface area contributed by atoms with Crippen LogP contribution in [0.15, 0.2) is 59.5 Å². The lowest BCUT2D eigenvalue weighted by atomic mass is 10.1. The third-order valence-electron chi connectivity index (χ3n) is 4.03. The van der Waals surface area contributed by atoms with Crippen LogP contribution in [0.1, 0.15) is 37.7 Å². The summed E-state index contributed by atoms with van der Waals surface area (Å²) in [5, 5.41) is 2.84. The normalized spacial score (nSPS) is 11.3. The van der Waals surface area contributed by atoms with Crippen LogP contribution in [0.2, 0.25) is 0 Å². The molecule has 2 aromatic rings. The van der Waals surface area contributed by atoms with Crippen molar-refractivity contribution in [1.29, 1.82) is 0 Å². The van der Waals surface area contributed by atoms with Crippen LogP contribution < -0.4 is 11.1 Å². The molecule has 3 N–H and O–H groups in total. The van der Waals surface area contributed by atoms with Crippen molar-refractivity contribution in [3.8, 4) is 0 Å². The predicted octanol–water partition coefficient (Wildman–Crippen LogP) is 3.51. The van der Waals surface area contributed by atoms with Gasteiger partial charge >= 0.3 is 0 Å². The molecule has 0 aromatic heterocycles. The minimum absolute atomic E-state index is 0.0548. The zero-order chi connectivity index (χ0) is 18.8. The van der Waals surface area contributed by atoms with Crippen LogP contribution in [-0.2, 0) is 20.4 Å². The second kappa shape index (κ2) is 10.1. The summed E-state index contributed by atoms with van der Waals surface area (Å²) in [6.07, 6.45) is 4.29. The zero-order valence-electron chi connectivity index (χ0n) is 14.9. The van der Waals surface area contributed by atoms with Gasteiger partial charge in [-0.1, -0.05) is 43.2 Å². The lowest BCUT2D eigenvalue weighted by molar-refractivity contribution is -0.116. The molecular formula is C20H26N2O3S.